The van der Waals surface area contributed by atoms with Gasteiger partial charge in [0.25, 0.3) is 0 Å². The summed E-state index contributed by atoms with van der Waals surface area (Å²) >= 11 is 10.4. The van der Waals surface area contributed by atoms with E-state index in [4.69, 9.17) is 22.1 Å². The first-order chi connectivity index (χ1) is 13.6. The summed E-state index contributed by atoms with van der Waals surface area (Å²) in [4.78, 5) is 37.8. The molecule has 2 aromatic rings. The molecule has 1 amide bonds. The van der Waals surface area contributed by atoms with Crippen molar-refractivity contribution in [1.29, 1.82) is 0 Å². The van der Waals surface area contributed by atoms with E-state index in [0.717, 1.165) is 6.07 Å². The number of anilines is 1. The molecular weight excluding hydrogens is 491 g/mol. The molecule has 31 heavy (non-hydrogen) atoms. The summed E-state index contributed by atoms with van der Waals surface area (Å²) < 4.78 is 20.2. The zero-order valence-electron chi connectivity index (χ0n) is 16.4. The molecule has 0 radical (unpaired) electrons. The minimum absolute atomic E-state index is 0. The maximum Gasteiger partial charge on any atom is 1.00 e. The van der Waals surface area contributed by atoms with Crippen LogP contribution in [0.15, 0.2) is 41.6 Å². The number of amides is 1. The zero-order valence-corrected chi connectivity index (χ0v) is 22.9. The number of hydrogen-bond acceptors (Lipinski definition) is 9. The molecule has 0 bridgehead atoms. The largest absolute Gasteiger partial charge is 1.00 e. The number of phosphoric acid groups is 1. The van der Waals surface area contributed by atoms with Gasteiger partial charge in [0.15, 0.2) is 5.11 Å². The predicted molar refractivity (Wildman–Crippen MR) is 105 cm³/mol. The van der Waals surface area contributed by atoms with E-state index < -0.39 is 20.5 Å². The topological polar surface area (TPSA) is 174 Å². The number of thiocarbonyl (C=S) groups is 1. The Kier molecular flexibility index (Phi) is 14.0. The maximum absolute atomic E-state index is 12.1. The SMILES string of the molecule is NC(=S)NN=Cc1ncccc1NC(=O)OCc1ccc(Cl)cc1OP(=O)([O-])[O-].[Na+].[Na+]. The number of halogens is 1. The van der Waals surface area contributed by atoms with Crippen LogP contribution in [0.1, 0.15) is 11.3 Å². The number of benzene rings is 1. The molecule has 154 valence electrons. The molecule has 0 saturated carbocycles. The summed E-state index contributed by atoms with van der Waals surface area (Å²) in [7, 11) is -5.32. The van der Waals surface area contributed by atoms with Crippen molar-refractivity contribution in [2.75, 3.05) is 5.32 Å². The van der Waals surface area contributed by atoms with Crippen molar-refractivity contribution >= 4 is 54.7 Å². The van der Waals surface area contributed by atoms with Gasteiger partial charge in [-0.2, -0.15) is 5.10 Å². The molecular formula is C15H13ClN5Na2O6PS. The van der Waals surface area contributed by atoms with Gasteiger partial charge < -0.3 is 29.3 Å². The third-order valence-electron chi connectivity index (χ3n) is 3.03. The molecule has 0 aliphatic rings. The summed E-state index contributed by atoms with van der Waals surface area (Å²) in [5.74, 6) is -0.336. The number of rotatable bonds is 7. The maximum atomic E-state index is 12.1. The van der Waals surface area contributed by atoms with Crippen molar-refractivity contribution in [3.63, 3.8) is 0 Å². The van der Waals surface area contributed by atoms with E-state index in [1.165, 1.54) is 24.5 Å². The number of carbonyl (C=O) groups excluding carboxylic acids is 1. The van der Waals surface area contributed by atoms with Gasteiger partial charge >= 0.3 is 65.2 Å². The number of carbonyl (C=O) groups is 1. The fraction of sp³-hybridized carbons (Fsp3) is 0.0667. The van der Waals surface area contributed by atoms with Crippen LogP contribution in [0.4, 0.5) is 10.5 Å². The van der Waals surface area contributed by atoms with Gasteiger partial charge in [0, 0.05) is 16.8 Å². The molecule has 16 heteroatoms. The van der Waals surface area contributed by atoms with E-state index >= 15 is 0 Å². The van der Waals surface area contributed by atoms with Gasteiger partial charge in [-0.05, 0) is 36.5 Å². The smallest absolute Gasteiger partial charge is 0.780 e. The van der Waals surface area contributed by atoms with Crippen LogP contribution in [-0.2, 0) is 15.9 Å². The molecule has 0 aliphatic heterocycles. The molecule has 1 aromatic heterocycles. The van der Waals surface area contributed by atoms with Crippen molar-refractivity contribution in [3.05, 3.63) is 52.8 Å². The van der Waals surface area contributed by atoms with Gasteiger partial charge in [-0.15, -0.1) is 0 Å². The van der Waals surface area contributed by atoms with Gasteiger partial charge in [0.1, 0.15) is 25.9 Å². The van der Waals surface area contributed by atoms with E-state index in [9.17, 15) is 19.1 Å². The molecule has 0 fully saturated rings. The average molecular weight is 504 g/mol. The van der Waals surface area contributed by atoms with Crippen molar-refractivity contribution < 1.29 is 87.5 Å². The van der Waals surface area contributed by atoms with Crippen molar-refractivity contribution in [2.24, 2.45) is 10.8 Å². The van der Waals surface area contributed by atoms with Crippen LogP contribution in [0.2, 0.25) is 5.02 Å². The summed E-state index contributed by atoms with van der Waals surface area (Å²) in [6.07, 6.45) is 1.86. The molecule has 1 aromatic carbocycles. The summed E-state index contributed by atoms with van der Waals surface area (Å²) in [5, 5.41) is 6.27. The summed E-state index contributed by atoms with van der Waals surface area (Å²) in [5.41, 5.74) is 8.26. The Labute approximate surface area is 231 Å². The molecule has 11 nitrogen and oxygen atoms in total. The van der Waals surface area contributed by atoms with Crippen molar-refractivity contribution in [2.45, 2.75) is 6.61 Å². The Morgan fingerprint density at radius 1 is 1.35 bits per heavy atom. The minimum atomic E-state index is -5.32. The first-order valence-corrected chi connectivity index (χ1v) is 9.86. The standard InChI is InChI=1S/C15H15ClN5O6PS.2Na/c16-10-4-3-9(13(6-10)27-28(23,24)25)8-26-15(22)20-11-2-1-5-18-12(11)7-19-21-14(17)29;;/h1-7H,8H2,(H,20,22)(H3,17,21,29)(H2,23,24,25);;/q;2*+1/p-2. The molecule has 0 atom stereocenters. The Hall–Kier alpha value is -0.760. The zero-order chi connectivity index (χ0) is 21.4. The molecule has 4 N–H and O–H groups in total. The number of nitrogens with zero attached hydrogens (tertiary/aromatic N) is 2. The third kappa shape index (κ3) is 11.6. The van der Waals surface area contributed by atoms with E-state index in [-0.39, 0.29) is 91.9 Å². The van der Waals surface area contributed by atoms with E-state index in [2.05, 4.69) is 37.6 Å². The number of nitrogens with two attached hydrogens (primary N) is 1. The van der Waals surface area contributed by atoms with Crippen molar-refractivity contribution in [3.8, 4) is 5.75 Å². The Bertz CT molecular complexity index is 996. The molecule has 0 aliphatic carbocycles. The third-order valence-corrected chi connectivity index (χ3v) is 3.78. The Morgan fingerprint density at radius 2 is 2.06 bits per heavy atom. The van der Waals surface area contributed by atoms with E-state index in [1.807, 2.05) is 0 Å². The Balaban J connectivity index is 0.00000450. The van der Waals surface area contributed by atoms with Crippen LogP contribution in [-0.4, -0.2) is 22.4 Å². The van der Waals surface area contributed by atoms with Gasteiger partial charge in [0.2, 0.25) is 0 Å². The van der Waals surface area contributed by atoms with Crippen LogP contribution < -0.4 is 89.9 Å². The number of pyridine rings is 1. The second kappa shape index (κ2) is 14.4. The van der Waals surface area contributed by atoms with Gasteiger partial charge in [0.05, 0.1) is 11.9 Å². The summed E-state index contributed by atoms with van der Waals surface area (Å²) in [6, 6.07) is 6.99. The molecule has 0 unspecified atom stereocenters. The number of aromatic nitrogens is 1. The normalized spacial score (nSPS) is 10.4. The quantitative estimate of drug-likeness (QED) is 0.109. The Morgan fingerprint density at radius 3 is 2.71 bits per heavy atom. The number of ether oxygens (including phenoxy) is 1. The summed E-state index contributed by atoms with van der Waals surface area (Å²) in [6.45, 7) is -0.398. The van der Waals surface area contributed by atoms with Gasteiger partial charge in [-0.25, -0.2) is 4.79 Å². The van der Waals surface area contributed by atoms with Crippen LogP contribution in [0.3, 0.4) is 0 Å². The molecule has 0 saturated heterocycles. The fourth-order valence-corrected chi connectivity index (χ4v) is 2.55. The number of hydrogen-bond donors (Lipinski definition) is 3. The van der Waals surface area contributed by atoms with Crippen LogP contribution in [0.5, 0.6) is 5.75 Å². The van der Waals surface area contributed by atoms with Gasteiger partial charge in [-0.3, -0.25) is 15.7 Å². The molecule has 2 rings (SSSR count). The molecule has 0 spiro atoms. The monoisotopic (exact) mass is 503 g/mol. The predicted octanol–water partition coefficient (Wildman–Crippen LogP) is -5.13. The second-order valence-corrected chi connectivity index (χ2v) is 7.12. The van der Waals surface area contributed by atoms with Crippen molar-refractivity contribution in [1.82, 2.24) is 10.4 Å². The first-order valence-electron chi connectivity index (χ1n) is 7.61. The number of hydrazone groups is 1. The van der Waals surface area contributed by atoms with E-state index in [1.54, 1.807) is 12.1 Å². The van der Waals surface area contributed by atoms with Crippen LogP contribution in [0.25, 0.3) is 0 Å². The van der Waals surface area contributed by atoms with Crippen LogP contribution >= 0.6 is 31.6 Å². The van der Waals surface area contributed by atoms with Crippen LogP contribution in [0, 0.1) is 0 Å². The number of phosphoric ester groups is 1. The number of nitrogens with one attached hydrogen (secondary N) is 2. The van der Waals surface area contributed by atoms with Gasteiger partial charge in [-0.1, -0.05) is 17.7 Å². The second-order valence-electron chi connectivity index (χ2n) is 5.16. The minimum Gasteiger partial charge on any atom is -0.780 e. The first kappa shape index (κ1) is 30.2. The molecule has 1 heterocycles. The average Bonchev–Trinajstić information content (AvgIpc) is 2.61. The fourth-order valence-electron chi connectivity index (χ4n) is 1.93. The van der Waals surface area contributed by atoms with E-state index in [0.29, 0.717) is 0 Å².